The molecule has 4 aromatic heterocycles. The third-order valence-corrected chi connectivity index (χ3v) is 20.0. The van der Waals surface area contributed by atoms with Gasteiger partial charge in [0.05, 0.1) is 53.1 Å². The number of sulfonamides is 1. The summed E-state index contributed by atoms with van der Waals surface area (Å²) in [5, 5.41) is 49.7. The molecule has 0 aliphatic carbocycles. The second-order valence-corrected chi connectivity index (χ2v) is 27.9. The normalized spacial score (nSPS) is 19.2. The van der Waals surface area contributed by atoms with E-state index in [1.54, 1.807) is 22.5 Å². The maximum atomic E-state index is 12.0. The van der Waals surface area contributed by atoms with E-state index in [0.29, 0.717) is 59.6 Å². The average molecular weight is 1270 g/mol. The Hall–Kier alpha value is -5.44. The molecule has 0 spiro atoms. The molecule has 8 heterocycles. The Morgan fingerprint density at radius 3 is 1.25 bits per heavy atom. The van der Waals surface area contributed by atoms with Crippen LogP contribution in [0.2, 0.25) is 20.1 Å². The second kappa shape index (κ2) is 26.7. The molecule has 2 unspecified atom stereocenters. The molecule has 84 heavy (non-hydrogen) atoms. The van der Waals surface area contributed by atoms with Crippen LogP contribution in [0.15, 0.2) is 73.3 Å². The molecule has 4 aromatic carbocycles. The fourth-order valence-electron chi connectivity index (χ4n) is 12.5. The van der Waals surface area contributed by atoms with Crippen molar-refractivity contribution in [1.29, 1.82) is 0 Å². The van der Waals surface area contributed by atoms with Gasteiger partial charge in [0.25, 0.3) is 16.1 Å². The summed E-state index contributed by atoms with van der Waals surface area (Å²) >= 11 is 24.7. The average Bonchev–Trinajstić information content (AvgIpc) is 4.52. The third-order valence-electron chi connectivity index (χ3n) is 16.6. The second-order valence-electron chi connectivity index (χ2n) is 22.7. The van der Waals surface area contributed by atoms with Gasteiger partial charge in [-0.25, -0.2) is 13.6 Å². The number of ether oxygens (including phenoxy) is 1. The maximum Gasteiger partial charge on any atom is 0.276 e. The number of aliphatic hydroxyl groups excluding tert-OH is 1. The summed E-state index contributed by atoms with van der Waals surface area (Å²) < 4.78 is 54.4. The molecule has 0 saturated carbocycles. The molecular weight excluding hydrogens is 1200 g/mol. The Morgan fingerprint density at radius 1 is 0.595 bits per heavy atom. The predicted octanol–water partition coefficient (Wildman–Crippen LogP) is 9.60. The zero-order chi connectivity index (χ0) is 60.3. The lowest BCUT2D eigenvalue weighted by atomic mass is 9.79. The number of likely N-dealkylation sites (tertiary alicyclic amines) is 2. The highest BCUT2D eigenvalue weighted by Crippen LogP contribution is 2.43. The summed E-state index contributed by atoms with van der Waals surface area (Å²) in [4.78, 5) is 27.2. The molecule has 4 saturated heterocycles. The number of carbonyl (C=O) groups excluding carboxylic acids is 2. The number of fused-ring (bicyclic) bond motifs is 4. The van der Waals surface area contributed by atoms with E-state index in [9.17, 15) is 31.5 Å². The van der Waals surface area contributed by atoms with Crippen molar-refractivity contribution in [1.82, 2.24) is 59.2 Å². The van der Waals surface area contributed by atoms with E-state index in [2.05, 4.69) is 40.8 Å². The molecule has 2 amide bonds. The summed E-state index contributed by atoms with van der Waals surface area (Å²) in [6.07, 6.45) is 14.3. The molecule has 4 fully saturated rings. The van der Waals surface area contributed by atoms with Gasteiger partial charge in [0.2, 0.25) is 15.9 Å². The number of nitrogens with two attached hydrogens (primary N) is 1. The Labute approximate surface area is 508 Å². The number of nitrogens with one attached hydrogen (secondary N) is 4. The minimum absolute atomic E-state index is 0.0653. The summed E-state index contributed by atoms with van der Waals surface area (Å²) in [5.74, 6) is 1.19. The molecule has 21 nitrogen and oxygen atoms in total. The first-order valence-corrected chi connectivity index (χ1v) is 32.7. The van der Waals surface area contributed by atoms with Gasteiger partial charge in [-0.05, 0) is 167 Å². The van der Waals surface area contributed by atoms with Crippen LogP contribution in [0.25, 0.3) is 43.6 Å². The van der Waals surface area contributed by atoms with Gasteiger partial charge in [0.1, 0.15) is 12.7 Å². The van der Waals surface area contributed by atoms with Crippen molar-refractivity contribution in [2.75, 3.05) is 65.8 Å². The van der Waals surface area contributed by atoms with E-state index in [0.717, 1.165) is 124 Å². The molecule has 0 radical (unpaired) electrons. The number of piperidine rings is 4. The first-order chi connectivity index (χ1) is 39.9. The highest BCUT2D eigenvalue weighted by Gasteiger charge is 2.41. The number of nitrogens with zero attached hydrogens (tertiary/aromatic N) is 8. The van der Waals surface area contributed by atoms with Gasteiger partial charge in [0, 0.05) is 100 Å². The number of benzene rings is 4. The van der Waals surface area contributed by atoms with E-state index in [1.807, 2.05) is 85.9 Å². The number of rotatable bonds is 9. The van der Waals surface area contributed by atoms with Crippen LogP contribution in [0.1, 0.15) is 118 Å². The smallest absolute Gasteiger partial charge is 0.276 e. The van der Waals surface area contributed by atoms with Gasteiger partial charge in [-0.2, -0.15) is 37.4 Å². The van der Waals surface area contributed by atoms with E-state index in [1.165, 1.54) is 28.6 Å². The van der Waals surface area contributed by atoms with E-state index < -0.39 is 31.9 Å². The molecule has 452 valence electrons. The minimum Gasteiger partial charge on any atom is -0.384 e. The van der Waals surface area contributed by atoms with Crippen LogP contribution in [-0.4, -0.2) is 170 Å². The standard InChI is InChI=1S/C15H20ClN3O2S.2C15H18ClN3O2.C12H15ClN4O2S/c1-15(2)8-10(4-5-19(15)22(3,20)21)12-6-11(16)7-14-13(12)9-17-18-14;1-21-9-15(20)19-4-2-10(3-5-19)12-6-11(16)7-14-13(12)8-17-18-14;1-9(20)15(21)19-4-2-10(3-5-19)12-6-11(16)7-14-13(12)8-17-18-14;13-9-5-10(11-7-15-16-12(11)6-9)8-1-3-17(4-2-8)20(14,18)19/h6-7,9-10H,4-5,8H2,1-3H3,(H,17,18);6-8,10H,2-5,9H2,1H3,(H,17,18);6-10,20H,2-5H2,1H3,(H,17,18);5-8H,1-4H2,(H,15,16)(H2,14,18,19). The number of aromatic amines is 4. The first kappa shape index (κ1) is 63.1. The number of aliphatic hydroxyl groups is 1. The van der Waals surface area contributed by atoms with Crippen molar-refractivity contribution in [2.24, 2.45) is 5.14 Å². The fraction of sp³-hybridized carbons (Fsp3) is 0.474. The number of halogens is 4. The van der Waals surface area contributed by atoms with E-state index in [4.69, 9.17) is 56.3 Å². The lowest BCUT2D eigenvalue weighted by molar-refractivity contribution is -0.140. The fourth-order valence-corrected chi connectivity index (χ4v) is 15.6. The summed E-state index contributed by atoms with van der Waals surface area (Å²) in [5.41, 5.74) is 8.02. The van der Waals surface area contributed by atoms with Crippen LogP contribution in [-0.2, 0) is 34.6 Å². The molecule has 4 aliphatic heterocycles. The van der Waals surface area contributed by atoms with E-state index in [-0.39, 0.29) is 30.3 Å². The Balaban J connectivity index is 0.000000134. The first-order valence-electron chi connectivity index (χ1n) is 27.9. The van der Waals surface area contributed by atoms with Crippen LogP contribution < -0.4 is 5.14 Å². The Bertz CT molecular complexity index is 3850. The number of H-pyrrole nitrogens is 4. The molecule has 2 atom stereocenters. The van der Waals surface area contributed by atoms with Crippen LogP contribution in [0.5, 0.6) is 0 Å². The maximum absolute atomic E-state index is 12.0. The Morgan fingerprint density at radius 2 is 0.929 bits per heavy atom. The topological polar surface area (TPSA) is 286 Å². The molecule has 7 N–H and O–H groups in total. The van der Waals surface area contributed by atoms with Gasteiger partial charge in [-0.3, -0.25) is 30.0 Å². The van der Waals surface area contributed by atoms with E-state index >= 15 is 0 Å². The van der Waals surface area contributed by atoms with Crippen molar-refractivity contribution in [2.45, 2.75) is 107 Å². The number of amides is 2. The zero-order valence-electron chi connectivity index (χ0n) is 47.4. The van der Waals surface area contributed by atoms with Crippen molar-refractivity contribution < 1.29 is 36.3 Å². The molecule has 12 rings (SSSR count). The van der Waals surface area contributed by atoms with Crippen LogP contribution in [0.4, 0.5) is 0 Å². The lowest BCUT2D eigenvalue weighted by Gasteiger charge is -2.44. The molecule has 8 aromatic rings. The van der Waals surface area contributed by atoms with Crippen LogP contribution >= 0.6 is 46.4 Å². The molecule has 4 aliphatic rings. The van der Waals surface area contributed by atoms with Gasteiger partial charge in [-0.1, -0.05) is 46.4 Å². The minimum atomic E-state index is -3.58. The van der Waals surface area contributed by atoms with Crippen LogP contribution in [0, 0.1) is 0 Å². The quantitative estimate of drug-likeness (QED) is 0.0788. The van der Waals surface area contributed by atoms with Gasteiger partial charge in [0.15, 0.2) is 0 Å². The molecule has 0 bridgehead atoms. The third kappa shape index (κ3) is 14.9. The number of hydrogen-bond donors (Lipinski definition) is 6. The Kier molecular flexibility index (Phi) is 20.0. The predicted molar refractivity (Wildman–Crippen MR) is 329 cm³/mol. The highest BCUT2D eigenvalue weighted by molar-refractivity contribution is 7.88. The number of hydrogen-bond acceptors (Lipinski definition) is 12. The van der Waals surface area contributed by atoms with Gasteiger partial charge < -0.3 is 19.6 Å². The van der Waals surface area contributed by atoms with Gasteiger partial charge >= 0.3 is 0 Å². The number of carbonyl (C=O) groups is 2. The van der Waals surface area contributed by atoms with Crippen molar-refractivity contribution in [3.05, 3.63) is 116 Å². The van der Waals surface area contributed by atoms with Crippen molar-refractivity contribution in [3.8, 4) is 0 Å². The monoisotopic (exact) mass is 1270 g/mol. The molecular formula is C57H71Cl4N13O8S2. The van der Waals surface area contributed by atoms with Crippen LogP contribution in [0.3, 0.4) is 0 Å². The lowest BCUT2D eigenvalue weighted by Crippen LogP contribution is -2.51. The summed E-state index contributed by atoms with van der Waals surface area (Å²) in [6.45, 7) is 9.91. The van der Waals surface area contributed by atoms with Crippen molar-refractivity contribution >= 4 is 122 Å². The number of methoxy groups -OCH3 is 1. The zero-order valence-corrected chi connectivity index (χ0v) is 52.1. The number of aromatic nitrogens is 8. The molecule has 27 heteroatoms. The largest absolute Gasteiger partial charge is 0.384 e. The SMILES string of the molecule is CC(O)C(=O)N1CCC(c2cc(Cl)cc3[nH]ncc23)CC1.CC1(C)CC(c2cc(Cl)cc3[nH]ncc23)CCN1S(C)(=O)=O.COCC(=O)N1CCC(c2cc(Cl)cc3[nH]ncc23)CC1.NS(=O)(=O)N1CCC(c2cc(Cl)cc3[nH]ncc23)CC1. The highest BCUT2D eigenvalue weighted by atomic mass is 35.5. The van der Waals surface area contributed by atoms with Crippen molar-refractivity contribution in [3.63, 3.8) is 0 Å². The summed E-state index contributed by atoms with van der Waals surface area (Å²) in [6, 6.07) is 15.4. The van der Waals surface area contributed by atoms with Gasteiger partial charge in [-0.15, -0.1) is 0 Å². The summed E-state index contributed by atoms with van der Waals surface area (Å²) in [7, 11) is -5.22.